The van der Waals surface area contributed by atoms with Gasteiger partial charge in [0.05, 0.1) is 4.92 Å². The SMILES string of the molecule is Cc1cc(NCC2CN3CCN2CC3)ncc1[N+](=O)[O-]. The molecule has 4 rings (SSSR count). The van der Waals surface area contributed by atoms with Crippen molar-refractivity contribution in [1.82, 2.24) is 14.8 Å². The number of nitro groups is 1. The molecule has 1 aromatic heterocycles. The van der Waals surface area contributed by atoms with Crippen LogP contribution >= 0.6 is 0 Å². The largest absolute Gasteiger partial charge is 0.368 e. The van der Waals surface area contributed by atoms with Gasteiger partial charge in [0.2, 0.25) is 0 Å². The molecular formula is C13H19N5O2. The molecule has 0 saturated carbocycles. The fraction of sp³-hybridized carbons (Fsp3) is 0.615. The van der Waals surface area contributed by atoms with Gasteiger partial charge in [-0.25, -0.2) is 4.98 Å². The molecule has 108 valence electrons. The number of fused-ring (bicyclic) bond motifs is 3. The number of anilines is 1. The van der Waals surface area contributed by atoms with Crippen LogP contribution in [0.4, 0.5) is 11.5 Å². The average Bonchev–Trinajstić information content (AvgIpc) is 2.46. The van der Waals surface area contributed by atoms with Crippen LogP contribution < -0.4 is 5.32 Å². The molecule has 20 heavy (non-hydrogen) atoms. The van der Waals surface area contributed by atoms with E-state index >= 15 is 0 Å². The van der Waals surface area contributed by atoms with Crippen LogP contribution in [-0.4, -0.2) is 65.0 Å². The first-order valence-electron chi connectivity index (χ1n) is 6.95. The van der Waals surface area contributed by atoms with E-state index in [4.69, 9.17) is 0 Å². The maximum atomic E-state index is 10.8. The van der Waals surface area contributed by atoms with E-state index in [9.17, 15) is 10.1 Å². The van der Waals surface area contributed by atoms with E-state index in [2.05, 4.69) is 20.1 Å². The molecular weight excluding hydrogens is 258 g/mol. The zero-order chi connectivity index (χ0) is 14.1. The number of aryl methyl sites for hydroxylation is 1. The summed E-state index contributed by atoms with van der Waals surface area (Å²) in [6, 6.07) is 2.25. The highest BCUT2D eigenvalue weighted by atomic mass is 16.6. The topological polar surface area (TPSA) is 74.5 Å². The monoisotopic (exact) mass is 277 g/mol. The molecule has 3 saturated heterocycles. The second kappa shape index (κ2) is 5.34. The van der Waals surface area contributed by atoms with Crippen LogP contribution in [0.3, 0.4) is 0 Å². The molecule has 2 bridgehead atoms. The summed E-state index contributed by atoms with van der Waals surface area (Å²) in [4.78, 5) is 19.5. The lowest BCUT2D eigenvalue weighted by molar-refractivity contribution is -0.385. The molecule has 0 spiro atoms. The first-order valence-corrected chi connectivity index (χ1v) is 6.95. The summed E-state index contributed by atoms with van der Waals surface area (Å²) in [7, 11) is 0. The Morgan fingerprint density at radius 1 is 1.45 bits per heavy atom. The summed E-state index contributed by atoms with van der Waals surface area (Å²) < 4.78 is 0. The van der Waals surface area contributed by atoms with E-state index in [1.807, 2.05) is 0 Å². The molecule has 7 heteroatoms. The van der Waals surface area contributed by atoms with E-state index in [1.54, 1.807) is 13.0 Å². The van der Waals surface area contributed by atoms with Crippen molar-refractivity contribution in [2.45, 2.75) is 13.0 Å². The highest BCUT2D eigenvalue weighted by Crippen LogP contribution is 2.20. The Labute approximate surface area is 117 Å². The van der Waals surface area contributed by atoms with Gasteiger partial charge >= 0.3 is 0 Å². The van der Waals surface area contributed by atoms with Gasteiger partial charge in [-0.3, -0.25) is 19.9 Å². The number of pyridine rings is 1. The highest BCUT2D eigenvalue weighted by Gasteiger charge is 2.31. The molecule has 0 radical (unpaired) electrons. The van der Waals surface area contributed by atoms with E-state index in [-0.39, 0.29) is 5.69 Å². The maximum absolute atomic E-state index is 10.8. The molecule has 3 fully saturated rings. The van der Waals surface area contributed by atoms with Crippen LogP contribution in [0.2, 0.25) is 0 Å². The number of nitrogens with one attached hydrogen (secondary N) is 1. The standard InChI is InChI=1S/C13H19N5O2/c1-10-6-13(15-8-12(10)18(19)20)14-7-11-9-16-2-4-17(11)5-3-16/h6,8,11H,2-5,7,9H2,1H3,(H,14,15). The number of aromatic nitrogens is 1. The van der Waals surface area contributed by atoms with Gasteiger partial charge in [-0.05, 0) is 13.0 Å². The van der Waals surface area contributed by atoms with Crippen molar-refractivity contribution in [3.05, 3.63) is 27.9 Å². The van der Waals surface area contributed by atoms with Crippen molar-refractivity contribution < 1.29 is 4.92 Å². The van der Waals surface area contributed by atoms with E-state index < -0.39 is 4.92 Å². The number of nitrogens with zero attached hydrogens (tertiary/aromatic N) is 4. The van der Waals surface area contributed by atoms with E-state index in [0.29, 0.717) is 17.4 Å². The summed E-state index contributed by atoms with van der Waals surface area (Å²) in [6.07, 6.45) is 1.33. The van der Waals surface area contributed by atoms with Gasteiger partial charge in [0.15, 0.2) is 0 Å². The van der Waals surface area contributed by atoms with Crippen molar-refractivity contribution in [3.63, 3.8) is 0 Å². The van der Waals surface area contributed by atoms with Crippen molar-refractivity contribution in [1.29, 1.82) is 0 Å². The molecule has 1 N–H and O–H groups in total. The summed E-state index contributed by atoms with van der Waals surface area (Å²) in [5, 5.41) is 14.1. The maximum Gasteiger partial charge on any atom is 0.290 e. The molecule has 1 aromatic rings. The molecule has 1 unspecified atom stereocenters. The van der Waals surface area contributed by atoms with Gasteiger partial charge in [0.1, 0.15) is 12.0 Å². The molecule has 7 nitrogen and oxygen atoms in total. The second-order valence-electron chi connectivity index (χ2n) is 5.48. The quantitative estimate of drug-likeness (QED) is 0.645. The van der Waals surface area contributed by atoms with Crippen LogP contribution in [0.1, 0.15) is 5.56 Å². The van der Waals surface area contributed by atoms with Crippen LogP contribution in [0, 0.1) is 17.0 Å². The predicted octanol–water partition coefficient (Wildman–Crippen LogP) is 0.710. The Balaban J connectivity index is 1.61. The average molecular weight is 277 g/mol. The van der Waals surface area contributed by atoms with Crippen molar-refractivity contribution in [2.24, 2.45) is 0 Å². The Kier molecular flexibility index (Phi) is 3.54. The molecule has 0 aliphatic carbocycles. The molecule has 0 amide bonds. The molecule has 0 aromatic carbocycles. The van der Waals surface area contributed by atoms with Gasteiger partial charge in [0, 0.05) is 50.9 Å². The molecule has 3 aliphatic rings. The minimum Gasteiger partial charge on any atom is -0.368 e. The smallest absolute Gasteiger partial charge is 0.290 e. The van der Waals surface area contributed by atoms with E-state index in [0.717, 1.165) is 26.2 Å². The molecule has 1 atom stereocenters. The number of hydrogen-bond donors (Lipinski definition) is 1. The number of piperazine rings is 3. The van der Waals surface area contributed by atoms with Crippen LogP contribution in [0.15, 0.2) is 12.3 Å². The van der Waals surface area contributed by atoms with Gasteiger partial charge in [-0.1, -0.05) is 0 Å². The van der Waals surface area contributed by atoms with Crippen molar-refractivity contribution in [3.8, 4) is 0 Å². The van der Waals surface area contributed by atoms with Crippen LogP contribution in [0.25, 0.3) is 0 Å². The Morgan fingerprint density at radius 3 is 2.75 bits per heavy atom. The normalized spacial score (nSPS) is 28.4. The van der Waals surface area contributed by atoms with Crippen LogP contribution in [-0.2, 0) is 0 Å². The third-order valence-electron chi connectivity index (χ3n) is 4.19. The minimum atomic E-state index is -0.398. The lowest BCUT2D eigenvalue weighted by Gasteiger charge is -2.47. The van der Waals surface area contributed by atoms with Gasteiger partial charge in [-0.2, -0.15) is 0 Å². The first-order chi connectivity index (χ1) is 9.63. The summed E-state index contributed by atoms with van der Waals surface area (Å²) in [6.45, 7) is 8.29. The van der Waals surface area contributed by atoms with E-state index in [1.165, 1.54) is 19.3 Å². The Morgan fingerprint density at radius 2 is 2.20 bits per heavy atom. The molecule has 3 aliphatic heterocycles. The van der Waals surface area contributed by atoms with Gasteiger partial charge < -0.3 is 5.32 Å². The van der Waals surface area contributed by atoms with Crippen LogP contribution in [0.5, 0.6) is 0 Å². The Hall–Kier alpha value is -1.73. The lowest BCUT2D eigenvalue weighted by Crippen LogP contribution is -2.62. The van der Waals surface area contributed by atoms with Gasteiger partial charge in [-0.15, -0.1) is 0 Å². The second-order valence-corrected chi connectivity index (χ2v) is 5.48. The Bertz CT molecular complexity index is 513. The summed E-state index contributed by atoms with van der Waals surface area (Å²) in [5.41, 5.74) is 0.712. The minimum absolute atomic E-state index is 0.0714. The third-order valence-corrected chi connectivity index (χ3v) is 4.19. The summed E-state index contributed by atoms with van der Waals surface area (Å²) in [5.74, 6) is 0.714. The summed E-state index contributed by atoms with van der Waals surface area (Å²) >= 11 is 0. The van der Waals surface area contributed by atoms with Crippen molar-refractivity contribution >= 4 is 11.5 Å². The zero-order valence-corrected chi connectivity index (χ0v) is 11.6. The number of rotatable bonds is 4. The lowest BCUT2D eigenvalue weighted by atomic mass is 10.1. The van der Waals surface area contributed by atoms with Crippen molar-refractivity contribution in [2.75, 3.05) is 44.6 Å². The first kappa shape index (κ1) is 13.3. The highest BCUT2D eigenvalue weighted by molar-refractivity contribution is 5.46. The number of hydrogen-bond acceptors (Lipinski definition) is 6. The fourth-order valence-electron chi connectivity index (χ4n) is 2.98. The fourth-order valence-corrected chi connectivity index (χ4v) is 2.98. The third kappa shape index (κ3) is 2.59. The zero-order valence-electron chi connectivity index (χ0n) is 11.6. The molecule has 4 heterocycles. The predicted molar refractivity (Wildman–Crippen MR) is 75.9 cm³/mol. The van der Waals surface area contributed by atoms with Gasteiger partial charge in [0.25, 0.3) is 5.69 Å².